The van der Waals surface area contributed by atoms with E-state index in [-0.39, 0.29) is 22.1 Å². The van der Waals surface area contributed by atoms with Crippen LogP contribution in [0, 0.1) is 10.1 Å². The van der Waals surface area contributed by atoms with E-state index in [2.05, 4.69) is 20.3 Å². The molecule has 2 aromatic heterocycles. The lowest BCUT2D eigenvalue weighted by atomic mass is 10.2. The Hall–Kier alpha value is -3.33. The number of amides is 1. The first-order valence-corrected chi connectivity index (χ1v) is 6.98. The molecule has 0 aliphatic heterocycles. The number of carbonyl (C=O) groups is 1. The number of halogens is 1. The van der Waals surface area contributed by atoms with Crippen LogP contribution in [0.4, 0.5) is 11.5 Å². The maximum atomic E-state index is 12.2. The molecule has 120 valence electrons. The number of hydrogen-bond donors (Lipinski definition) is 1. The molecule has 2 heterocycles. The fraction of sp³-hybridized carbons (Fsp3) is 0. The molecule has 1 N–H and O–H groups in total. The van der Waals surface area contributed by atoms with Gasteiger partial charge in [-0.2, -0.15) is 0 Å². The standard InChI is InChI=1S/C14H9ClN6O3/c15-10-2-1-9(5-11(10)21(23)24)14(22)19-12-6-13(18-7-17-12)20-4-3-16-8-20/h1-8H,(H,17,18,19,22). The molecule has 0 aliphatic carbocycles. The molecule has 10 heteroatoms. The quantitative estimate of drug-likeness (QED) is 0.574. The van der Waals surface area contributed by atoms with Gasteiger partial charge in [-0.05, 0) is 12.1 Å². The number of nitrogens with one attached hydrogen (secondary N) is 1. The lowest BCUT2D eigenvalue weighted by molar-refractivity contribution is -0.384. The van der Waals surface area contributed by atoms with Gasteiger partial charge in [-0.15, -0.1) is 0 Å². The molecule has 0 radical (unpaired) electrons. The van der Waals surface area contributed by atoms with E-state index >= 15 is 0 Å². The van der Waals surface area contributed by atoms with Crippen LogP contribution in [-0.2, 0) is 0 Å². The third-order valence-electron chi connectivity index (χ3n) is 3.07. The van der Waals surface area contributed by atoms with Crippen LogP contribution in [0.3, 0.4) is 0 Å². The van der Waals surface area contributed by atoms with Crippen LogP contribution in [0.5, 0.6) is 0 Å². The van der Waals surface area contributed by atoms with Crippen molar-refractivity contribution in [2.75, 3.05) is 5.32 Å². The van der Waals surface area contributed by atoms with Crippen molar-refractivity contribution in [2.24, 2.45) is 0 Å². The van der Waals surface area contributed by atoms with Crippen LogP contribution >= 0.6 is 11.6 Å². The van der Waals surface area contributed by atoms with Crippen molar-refractivity contribution in [2.45, 2.75) is 0 Å². The van der Waals surface area contributed by atoms with Crippen molar-refractivity contribution >= 4 is 29.0 Å². The topological polar surface area (TPSA) is 116 Å². The van der Waals surface area contributed by atoms with Gasteiger partial charge in [0.25, 0.3) is 11.6 Å². The minimum atomic E-state index is -0.652. The maximum Gasteiger partial charge on any atom is 0.288 e. The molecule has 1 amide bonds. The first kappa shape index (κ1) is 15.6. The number of carbonyl (C=O) groups excluding carboxylic acids is 1. The second-order valence-electron chi connectivity index (χ2n) is 4.61. The number of nitro groups is 1. The molecule has 1 aromatic carbocycles. The Labute approximate surface area is 140 Å². The number of nitrogens with zero attached hydrogens (tertiary/aromatic N) is 5. The highest BCUT2D eigenvalue weighted by molar-refractivity contribution is 6.32. The van der Waals surface area contributed by atoms with Crippen molar-refractivity contribution < 1.29 is 9.72 Å². The van der Waals surface area contributed by atoms with E-state index in [9.17, 15) is 14.9 Å². The van der Waals surface area contributed by atoms with Crippen molar-refractivity contribution in [1.82, 2.24) is 19.5 Å². The Morgan fingerprint density at radius 1 is 1.29 bits per heavy atom. The van der Waals surface area contributed by atoms with E-state index in [1.54, 1.807) is 29.4 Å². The van der Waals surface area contributed by atoms with Gasteiger partial charge in [-0.3, -0.25) is 19.5 Å². The minimum absolute atomic E-state index is 0.0408. The van der Waals surface area contributed by atoms with Gasteiger partial charge < -0.3 is 5.32 Å². The van der Waals surface area contributed by atoms with Gasteiger partial charge in [0.15, 0.2) is 0 Å². The molecular weight excluding hydrogens is 336 g/mol. The summed E-state index contributed by atoms with van der Waals surface area (Å²) in [5.41, 5.74) is -0.250. The molecule has 0 aliphatic rings. The maximum absolute atomic E-state index is 12.2. The molecule has 0 atom stereocenters. The number of anilines is 1. The summed E-state index contributed by atoms with van der Waals surface area (Å²) in [4.78, 5) is 34.4. The van der Waals surface area contributed by atoms with Gasteiger partial charge in [0.1, 0.15) is 29.3 Å². The molecule has 3 aromatic rings. The molecule has 24 heavy (non-hydrogen) atoms. The Morgan fingerprint density at radius 2 is 2.12 bits per heavy atom. The number of rotatable bonds is 4. The second kappa shape index (κ2) is 6.42. The number of hydrogen-bond acceptors (Lipinski definition) is 6. The molecular formula is C14H9ClN6O3. The molecule has 0 fully saturated rings. The lowest BCUT2D eigenvalue weighted by Crippen LogP contribution is -2.14. The molecule has 9 nitrogen and oxygen atoms in total. The van der Waals surface area contributed by atoms with Crippen LogP contribution in [0.1, 0.15) is 10.4 Å². The first-order valence-electron chi connectivity index (χ1n) is 6.60. The van der Waals surface area contributed by atoms with E-state index in [4.69, 9.17) is 11.6 Å². The second-order valence-corrected chi connectivity index (χ2v) is 5.02. The highest BCUT2D eigenvalue weighted by Gasteiger charge is 2.16. The van der Waals surface area contributed by atoms with Gasteiger partial charge in [-0.1, -0.05) is 11.6 Å². The van der Waals surface area contributed by atoms with Gasteiger partial charge in [0.05, 0.1) is 4.92 Å². The summed E-state index contributed by atoms with van der Waals surface area (Å²) in [7, 11) is 0. The molecule has 0 saturated heterocycles. The number of aromatic nitrogens is 4. The normalized spacial score (nSPS) is 10.4. The van der Waals surface area contributed by atoms with Crippen LogP contribution < -0.4 is 5.32 Å². The predicted molar refractivity (Wildman–Crippen MR) is 85.2 cm³/mol. The zero-order chi connectivity index (χ0) is 17.1. The van der Waals surface area contributed by atoms with Crippen molar-refractivity contribution in [3.8, 4) is 5.82 Å². The molecule has 3 rings (SSSR count). The molecule has 0 unspecified atom stereocenters. The average molecular weight is 345 g/mol. The fourth-order valence-corrected chi connectivity index (χ4v) is 2.12. The van der Waals surface area contributed by atoms with Crippen LogP contribution in [0.15, 0.2) is 49.3 Å². The third kappa shape index (κ3) is 3.20. The fourth-order valence-electron chi connectivity index (χ4n) is 1.93. The van der Waals surface area contributed by atoms with Crippen molar-refractivity contribution in [1.29, 1.82) is 0 Å². The third-order valence-corrected chi connectivity index (χ3v) is 3.39. The van der Waals surface area contributed by atoms with E-state index in [0.717, 1.165) is 6.07 Å². The first-order chi connectivity index (χ1) is 11.5. The smallest absolute Gasteiger partial charge is 0.288 e. The van der Waals surface area contributed by atoms with E-state index in [0.29, 0.717) is 5.82 Å². The highest BCUT2D eigenvalue weighted by Crippen LogP contribution is 2.25. The minimum Gasteiger partial charge on any atom is -0.306 e. The lowest BCUT2D eigenvalue weighted by Gasteiger charge is -2.06. The summed E-state index contributed by atoms with van der Waals surface area (Å²) >= 11 is 5.73. The Balaban J connectivity index is 1.84. The monoisotopic (exact) mass is 344 g/mol. The Kier molecular flexibility index (Phi) is 4.17. The number of imidazole rings is 1. The number of benzene rings is 1. The summed E-state index contributed by atoms with van der Waals surface area (Å²) in [5.74, 6) is 0.209. The van der Waals surface area contributed by atoms with Crippen LogP contribution in [-0.4, -0.2) is 30.3 Å². The van der Waals surface area contributed by atoms with Gasteiger partial charge >= 0.3 is 0 Å². The summed E-state index contributed by atoms with van der Waals surface area (Å²) in [6, 6.07) is 5.34. The zero-order valence-corrected chi connectivity index (χ0v) is 12.7. The summed E-state index contributed by atoms with van der Waals surface area (Å²) in [5, 5.41) is 13.4. The van der Waals surface area contributed by atoms with Gasteiger partial charge in [-0.25, -0.2) is 15.0 Å². The molecule has 0 saturated carbocycles. The van der Waals surface area contributed by atoms with E-state index in [1.165, 1.54) is 18.5 Å². The SMILES string of the molecule is O=C(Nc1cc(-n2ccnc2)ncn1)c1ccc(Cl)c([N+](=O)[O-])c1. The summed E-state index contributed by atoms with van der Waals surface area (Å²) < 4.78 is 1.64. The largest absolute Gasteiger partial charge is 0.306 e. The highest BCUT2D eigenvalue weighted by atomic mass is 35.5. The van der Waals surface area contributed by atoms with Gasteiger partial charge in [0.2, 0.25) is 0 Å². The average Bonchev–Trinajstić information content (AvgIpc) is 3.09. The summed E-state index contributed by atoms with van der Waals surface area (Å²) in [6.45, 7) is 0. The Morgan fingerprint density at radius 3 is 2.83 bits per heavy atom. The summed E-state index contributed by atoms with van der Waals surface area (Å²) in [6.07, 6.45) is 6.12. The number of nitro benzene ring substituents is 1. The Bertz CT molecular complexity index is 913. The van der Waals surface area contributed by atoms with Gasteiger partial charge in [0, 0.05) is 30.1 Å². The van der Waals surface area contributed by atoms with Crippen LogP contribution in [0.25, 0.3) is 5.82 Å². The molecule has 0 spiro atoms. The van der Waals surface area contributed by atoms with Crippen molar-refractivity contribution in [3.05, 3.63) is 70.0 Å². The zero-order valence-electron chi connectivity index (χ0n) is 12.0. The predicted octanol–water partition coefficient (Wildman–Crippen LogP) is 2.48. The van der Waals surface area contributed by atoms with Crippen LogP contribution in [0.2, 0.25) is 5.02 Å². The van der Waals surface area contributed by atoms with Crippen molar-refractivity contribution in [3.63, 3.8) is 0 Å². The molecule has 0 bridgehead atoms. The van der Waals surface area contributed by atoms with E-state index in [1.807, 2.05) is 0 Å². The van der Waals surface area contributed by atoms with E-state index < -0.39 is 10.8 Å².